The zero-order valence-electron chi connectivity index (χ0n) is 12.6. The van der Waals surface area contributed by atoms with Crippen LogP contribution in [0.5, 0.6) is 0 Å². The van der Waals surface area contributed by atoms with Crippen LogP contribution in [0.2, 0.25) is 0 Å². The van der Waals surface area contributed by atoms with Crippen molar-refractivity contribution >= 4 is 12.0 Å². The Hall–Kier alpha value is -2.35. The van der Waals surface area contributed by atoms with Gasteiger partial charge in [-0.15, -0.1) is 0 Å². The van der Waals surface area contributed by atoms with Gasteiger partial charge in [-0.2, -0.15) is 0 Å². The fraction of sp³-hybridized carbons (Fsp3) is 0.250. The van der Waals surface area contributed by atoms with Crippen molar-refractivity contribution in [1.29, 1.82) is 0 Å². The first-order valence-corrected chi connectivity index (χ1v) is 7.75. The molecule has 112 valence electrons. The lowest BCUT2D eigenvalue weighted by Gasteiger charge is -2.29. The van der Waals surface area contributed by atoms with Crippen LogP contribution in [0.1, 0.15) is 47.2 Å². The number of esters is 1. The van der Waals surface area contributed by atoms with E-state index in [1.165, 1.54) is 0 Å². The largest absolute Gasteiger partial charge is 0.451 e. The van der Waals surface area contributed by atoms with Gasteiger partial charge in [-0.25, -0.2) is 4.79 Å². The van der Waals surface area contributed by atoms with E-state index in [4.69, 9.17) is 4.74 Å². The molecule has 0 aliphatic heterocycles. The highest BCUT2D eigenvalue weighted by Crippen LogP contribution is 2.42. The molecule has 1 saturated carbocycles. The number of hydrogen-bond donors (Lipinski definition) is 0. The highest BCUT2D eigenvalue weighted by Gasteiger charge is 2.39. The molecule has 0 aromatic heterocycles. The molecular formula is C20H20O2. The average Bonchev–Trinajstić information content (AvgIpc) is 3.05. The maximum Gasteiger partial charge on any atom is 0.339 e. The van der Waals surface area contributed by atoms with Gasteiger partial charge in [0, 0.05) is 0 Å². The predicted octanol–water partition coefficient (Wildman–Crippen LogP) is 4.96. The first-order chi connectivity index (χ1) is 10.7. The minimum Gasteiger partial charge on any atom is -0.451 e. The van der Waals surface area contributed by atoms with Crippen molar-refractivity contribution in [3.8, 4) is 0 Å². The smallest absolute Gasteiger partial charge is 0.339 e. The molecule has 2 aromatic carbocycles. The molecule has 0 amide bonds. The highest BCUT2D eigenvalue weighted by molar-refractivity contribution is 5.90. The summed E-state index contributed by atoms with van der Waals surface area (Å²) in [5.74, 6) is -0.249. The molecule has 0 radical (unpaired) electrons. The van der Waals surface area contributed by atoms with E-state index in [0.29, 0.717) is 5.56 Å². The number of carbonyl (C=O) groups excluding carboxylic acids is 1. The van der Waals surface area contributed by atoms with Crippen molar-refractivity contribution in [2.45, 2.75) is 31.3 Å². The Morgan fingerprint density at radius 3 is 2.23 bits per heavy atom. The normalized spacial score (nSPS) is 16.2. The number of benzene rings is 2. The summed E-state index contributed by atoms with van der Waals surface area (Å²) in [6, 6.07) is 17.5. The van der Waals surface area contributed by atoms with E-state index in [9.17, 15) is 4.79 Å². The van der Waals surface area contributed by atoms with Crippen LogP contribution >= 0.6 is 0 Å². The second kappa shape index (κ2) is 6.18. The Balaban J connectivity index is 1.84. The third-order valence-corrected chi connectivity index (χ3v) is 4.38. The van der Waals surface area contributed by atoms with Crippen molar-refractivity contribution in [1.82, 2.24) is 0 Å². The van der Waals surface area contributed by atoms with Gasteiger partial charge in [-0.3, -0.25) is 0 Å². The summed E-state index contributed by atoms with van der Waals surface area (Å²) in [6.07, 6.45) is 5.74. The molecule has 0 bridgehead atoms. The Morgan fingerprint density at radius 2 is 1.64 bits per heavy atom. The van der Waals surface area contributed by atoms with Crippen LogP contribution < -0.4 is 0 Å². The van der Waals surface area contributed by atoms with E-state index in [1.807, 2.05) is 30.3 Å². The quantitative estimate of drug-likeness (QED) is 0.745. The van der Waals surface area contributed by atoms with Crippen LogP contribution in [-0.2, 0) is 10.3 Å². The lowest BCUT2D eigenvalue weighted by molar-refractivity contribution is -0.0183. The molecule has 1 aliphatic rings. The lowest BCUT2D eigenvalue weighted by Crippen LogP contribution is -2.29. The minimum absolute atomic E-state index is 0.249. The molecule has 0 heterocycles. The van der Waals surface area contributed by atoms with Gasteiger partial charge in [0.15, 0.2) is 0 Å². The molecule has 22 heavy (non-hydrogen) atoms. The molecule has 0 saturated heterocycles. The maximum atomic E-state index is 12.5. The number of hydrogen-bond acceptors (Lipinski definition) is 2. The second-order valence-electron chi connectivity index (χ2n) is 5.78. The van der Waals surface area contributed by atoms with Gasteiger partial charge < -0.3 is 4.74 Å². The first kappa shape index (κ1) is 14.6. The van der Waals surface area contributed by atoms with Crippen molar-refractivity contribution in [3.05, 3.63) is 77.9 Å². The molecule has 0 N–H and O–H groups in total. The van der Waals surface area contributed by atoms with Crippen molar-refractivity contribution < 1.29 is 9.53 Å². The zero-order chi connectivity index (χ0) is 15.4. The van der Waals surface area contributed by atoms with Gasteiger partial charge in [0.25, 0.3) is 0 Å². The van der Waals surface area contributed by atoms with Crippen LogP contribution in [0.15, 0.2) is 61.2 Å². The van der Waals surface area contributed by atoms with Crippen LogP contribution in [0.3, 0.4) is 0 Å². The summed E-state index contributed by atoms with van der Waals surface area (Å²) in [5, 5.41) is 0. The first-order valence-electron chi connectivity index (χ1n) is 7.75. The zero-order valence-corrected chi connectivity index (χ0v) is 12.6. The molecule has 0 unspecified atom stereocenters. The topological polar surface area (TPSA) is 26.3 Å². The van der Waals surface area contributed by atoms with Crippen molar-refractivity contribution in [2.24, 2.45) is 0 Å². The molecule has 2 heteroatoms. The van der Waals surface area contributed by atoms with E-state index in [-0.39, 0.29) is 5.97 Å². The van der Waals surface area contributed by atoms with Crippen LogP contribution in [0, 0.1) is 0 Å². The summed E-state index contributed by atoms with van der Waals surface area (Å²) in [7, 11) is 0. The van der Waals surface area contributed by atoms with Crippen LogP contribution in [-0.4, -0.2) is 5.97 Å². The number of carbonyl (C=O) groups is 1. The van der Waals surface area contributed by atoms with Gasteiger partial charge in [-0.1, -0.05) is 55.1 Å². The van der Waals surface area contributed by atoms with E-state index in [2.05, 4.69) is 18.7 Å². The SMILES string of the molecule is C=Cc1ccc(C(=O)OC2(c3ccccc3)CCCC2)cc1. The van der Waals surface area contributed by atoms with Gasteiger partial charge in [0.2, 0.25) is 0 Å². The Morgan fingerprint density at radius 1 is 1.00 bits per heavy atom. The third kappa shape index (κ3) is 2.82. The number of rotatable bonds is 4. The summed E-state index contributed by atoms with van der Waals surface area (Å²) >= 11 is 0. The minimum atomic E-state index is -0.463. The fourth-order valence-electron chi connectivity index (χ4n) is 3.13. The van der Waals surface area contributed by atoms with Crippen LogP contribution in [0.4, 0.5) is 0 Å². The third-order valence-electron chi connectivity index (χ3n) is 4.38. The standard InChI is InChI=1S/C20H20O2/c1-2-16-10-12-17(13-11-16)19(21)22-20(14-6-7-15-20)18-8-4-3-5-9-18/h2-5,8-13H,1,6-7,14-15H2. The van der Waals surface area contributed by atoms with Crippen molar-refractivity contribution in [2.75, 3.05) is 0 Å². The van der Waals surface area contributed by atoms with Crippen molar-refractivity contribution in [3.63, 3.8) is 0 Å². The number of ether oxygens (including phenoxy) is 1. The summed E-state index contributed by atoms with van der Waals surface area (Å²) in [5.41, 5.74) is 2.22. The molecular weight excluding hydrogens is 272 g/mol. The van der Waals surface area contributed by atoms with Gasteiger partial charge >= 0.3 is 5.97 Å². The molecule has 3 rings (SSSR count). The summed E-state index contributed by atoms with van der Waals surface area (Å²) in [4.78, 5) is 12.5. The highest BCUT2D eigenvalue weighted by atomic mass is 16.6. The fourth-order valence-corrected chi connectivity index (χ4v) is 3.13. The van der Waals surface area contributed by atoms with Gasteiger partial charge in [0.1, 0.15) is 5.60 Å². The maximum absolute atomic E-state index is 12.5. The molecule has 2 aromatic rings. The summed E-state index contributed by atoms with van der Waals surface area (Å²) < 4.78 is 5.98. The van der Waals surface area contributed by atoms with E-state index in [0.717, 1.165) is 36.8 Å². The molecule has 1 fully saturated rings. The molecule has 0 atom stereocenters. The molecule has 0 spiro atoms. The monoisotopic (exact) mass is 292 g/mol. The average molecular weight is 292 g/mol. The van der Waals surface area contributed by atoms with Crippen LogP contribution in [0.25, 0.3) is 6.08 Å². The Kier molecular flexibility index (Phi) is 4.10. The lowest BCUT2D eigenvalue weighted by atomic mass is 9.92. The summed E-state index contributed by atoms with van der Waals surface area (Å²) in [6.45, 7) is 3.72. The van der Waals surface area contributed by atoms with Gasteiger partial charge in [0.05, 0.1) is 5.56 Å². The predicted molar refractivity (Wildman–Crippen MR) is 88.5 cm³/mol. The molecule has 1 aliphatic carbocycles. The van der Waals surface area contributed by atoms with Gasteiger partial charge in [-0.05, 0) is 48.9 Å². The van der Waals surface area contributed by atoms with E-state index < -0.39 is 5.60 Å². The Labute approximate surface area is 131 Å². The second-order valence-corrected chi connectivity index (χ2v) is 5.78. The Bertz CT molecular complexity index is 650. The van der Waals surface area contributed by atoms with E-state index >= 15 is 0 Å². The van der Waals surface area contributed by atoms with E-state index in [1.54, 1.807) is 18.2 Å². The molecule has 2 nitrogen and oxygen atoms in total.